The van der Waals surface area contributed by atoms with E-state index in [2.05, 4.69) is 5.32 Å². The van der Waals surface area contributed by atoms with Gasteiger partial charge in [0.1, 0.15) is 6.10 Å². The van der Waals surface area contributed by atoms with Crippen LogP contribution >= 0.6 is 0 Å². The first kappa shape index (κ1) is 13.8. The van der Waals surface area contributed by atoms with Gasteiger partial charge in [-0.15, -0.1) is 0 Å². The second-order valence-electron chi connectivity index (χ2n) is 4.58. The maximum atomic E-state index is 11.6. The molecule has 1 fully saturated rings. The minimum absolute atomic E-state index is 0.00322. The summed E-state index contributed by atoms with van der Waals surface area (Å²) in [6.07, 6.45) is 2.21. The van der Waals surface area contributed by atoms with Crippen LogP contribution in [0.2, 0.25) is 0 Å². The molecule has 1 atom stereocenters. The van der Waals surface area contributed by atoms with Crippen LogP contribution in [0.1, 0.15) is 23.2 Å². The second kappa shape index (κ2) is 6.54. The fourth-order valence-corrected chi connectivity index (χ4v) is 2.16. The maximum absolute atomic E-state index is 11.6. The molecule has 0 aliphatic carbocycles. The van der Waals surface area contributed by atoms with Crippen molar-refractivity contribution in [2.75, 3.05) is 26.7 Å². The van der Waals surface area contributed by atoms with Gasteiger partial charge in [-0.25, -0.2) is 0 Å². The van der Waals surface area contributed by atoms with E-state index in [0.29, 0.717) is 17.1 Å². The van der Waals surface area contributed by atoms with Gasteiger partial charge in [-0.2, -0.15) is 0 Å². The van der Waals surface area contributed by atoms with Crippen LogP contribution in [0.15, 0.2) is 18.2 Å². The molecule has 1 aromatic carbocycles. The van der Waals surface area contributed by atoms with Crippen LogP contribution in [-0.4, -0.2) is 38.6 Å². The summed E-state index contributed by atoms with van der Waals surface area (Å²) >= 11 is 0. The average Bonchev–Trinajstić information content (AvgIpc) is 2.47. The van der Waals surface area contributed by atoms with Gasteiger partial charge in [-0.3, -0.25) is 4.79 Å². The van der Waals surface area contributed by atoms with Crippen molar-refractivity contribution in [1.82, 2.24) is 5.32 Å². The molecular weight excluding hydrogens is 244 g/mol. The summed E-state index contributed by atoms with van der Waals surface area (Å²) in [6, 6.07) is 5.16. The first-order valence-corrected chi connectivity index (χ1v) is 6.53. The molecule has 19 heavy (non-hydrogen) atoms. The standard InChI is InChI=1S/C14H20N2O3/c1-18-13-5-4-10(12(17)8-15)7-14(13)19-11-3-2-6-16-9-11/h4-5,7,11,16H,2-3,6,8-9,15H2,1H3. The quantitative estimate of drug-likeness (QED) is 0.775. The molecule has 104 valence electrons. The number of benzene rings is 1. The van der Waals surface area contributed by atoms with Crippen LogP contribution in [0.4, 0.5) is 0 Å². The number of carbonyl (C=O) groups excluding carboxylic acids is 1. The number of rotatable bonds is 5. The van der Waals surface area contributed by atoms with Crippen molar-refractivity contribution in [3.63, 3.8) is 0 Å². The number of hydrogen-bond acceptors (Lipinski definition) is 5. The Morgan fingerprint density at radius 3 is 2.95 bits per heavy atom. The Labute approximate surface area is 113 Å². The van der Waals surface area contributed by atoms with Gasteiger partial charge in [0.05, 0.1) is 13.7 Å². The minimum Gasteiger partial charge on any atom is -0.493 e. The topological polar surface area (TPSA) is 73.6 Å². The number of piperidine rings is 1. The van der Waals surface area contributed by atoms with Gasteiger partial charge < -0.3 is 20.5 Å². The molecule has 1 saturated heterocycles. The van der Waals surface area contributed by atoms with E-state index in [9.17, 15) is 4.79 Å². The van der Waals surface area contributed by atoms with Gasteiger partial charge in [-0.1, -0.05) is 0 Å². The zero-order valence-electron chi connectivity index (χ0n) is 11.1. The molecule has 0 radical (unpaired) electrons. The van der Waals surface area contributed by atoms with Gasteiger partial charge in [-0.05, 0) is 37.6 Å². The Bertz CT molecular complexity index is 442. The molecule has 0 amide bonds. The summed E-state index contributed by atoms with van der Waals surface area (Å²) in [6.45, 7) is 1.84. The number of hydrogen-bond donors (Lipinski definition) is 2. The van der Waals surface area contributed by atoms with Crippen LogP contribution in [0.25, 0.3) is 0 Å². The fraction of sp³-hybridized carbons (Fsp3) is 0.500. The van der Waals surface area contributed by atoms with Crippen molar-refractivity contribution in [1.29, 1.82) is 0 Å². The molecule has 5 heteroatoms. The highest BCUT2D eigenvalue weighted by atomic mass is 16.5. The van der Waals surface area contributed by atoms with E-state index in [-0.39, 0.29) is 18.4 Å². The predicted octanol–water partition coefficient (Wildman–Crippen LogP) is 0.967. The number of carbonyl (C=O) groups is 1. The number of nitrogens with one attached hydrogen (secondary N) is 1. The Morgan fingerprint density at radius 2 is 2.32 bits per heavy atom. The molecule has 1 aliphatic rings. The zero-order valence-corrected chi connectivity index (χ0v) is 11.1. The monoisotopic (exact) mass is 264 g/mol. The predicted molar refractivity (Wildman–Crippen MR) is 72.9 cm³/mol. The molecular formula is C14H20N2O3. The smallest absolute Gasteiger partial charge is 0.176 e. The molecule has 1 unspecified atom stereocenters. The summed E-state index contributed by atoms with van der Waals surface area (Å²) in [5, 5.41) is 3.29. The number of methoxy groups -OCH3 is 1. The summed E-state index contributed by atoms with van der Waals surface area (Å²) in [5.41, 5.74) is 5.93. The first-order valence-electron chi connectivity index (χ1n) is 6.53. The molecule has 0 saturated carbocycles. The Balaban J connectivity index is 2.17. The van der Waals surface area contributed by atoms with Crippen molar-refractivity contribution < 1.29 is 14.3 Å². The maximum Gasteiger partial charge on any atom is 0.176 e. The zero-order chi connectivity index (χ0) is 13.7. The van der Waals surface area contributed by atoms with Crippen LogP contribution in [0.5, 0.6) is 11.5 Å². The molecule has 2 rings (SSSR count). The number of ketones is 1. The van der Waals surface area contributed by atoms with Gasteiger partial charge in [0, 0.05) is 12.1 Å². The van der Waals surface area contributed by atoms with Gasteiger partial charge in [0.25, 0.3) is 0 Å². The van der Waals surface area contributed by atoms with E-state index in [0.717, 1.165) is 25.9 Å². The molecule has 1 aromatic rings. The third-order valence-electron chi connectivity index (χ3n) is 3.22. The van der Waals surface area contributed by atoms with Crippen molar-refractivity contribution in [2.24, 2.45) is 5.73 Å². The largest absolute Gasteiger partial charge is 0.493 e. The molecule has 5 nitrogen and oxygen atoms in total. The third-order valence-corrected chi connectivity index (χ3v) is 3.22. The van der Waals surface area contributed by atoms with Crippen LogP contribution < -0.4 is 20.5 Å². The molecule has 0 aromatic heterocycles. The Hall–Kier alpha value is -1.59. The van der Waals surface area contributed by atoms with E-state index in [1.54, 1.807) is 25.3 Å². The summed E-state index contributed by atoms with van der Waals surface area (Å²) in [5.74, 6) is 1.14. The Kier molecular flexibility index (Phi) is 4.76. The van der Waals surface area contributed by atoms with Crippen LogP contribution in [0.3, 0.4) is 0 Å². The average molecular weight is 264 g/mol. The highest BCUT2D eigenvalue weighted by Crippen LogP contribution is 2.30. The lowest BCUT2D eigenvalue weighted by atomic mass is 10.1. The van der Waals surface area contributed by atoms with Gasteiger partial charge in [0.15, 0.2) is 17.3 Å². The normalized spacial score (nSPS) is 18.9. The van der Waals surface area contributed by atoms with E-state index in [4.69, 9.17) is 15.2 Å². The molecule has 1 heterocycles. The molecule has 1 aliphatic heterocycles. The summed E-state index contributed by atoms with van der Waals surface area (Å²) in [7, 11) is 1.59. The van der Waals surface area contributed by atoms with Gasteiger partial charge >= 0.3 is 0 Å². The van der Waals surface area contributed by atoms with Crippen molar-refractivity contribution in [2.45, 2.75) is 18.9 Å². The third kappa shape index (κ3) is 3.45. The lowest BCUT2D eigenvalue weighted by Crippen LogP contribution is -2.37. The van der Waals surface area contributed by atoms with Crippen molar-refractivity contribution in [3.05, 3.63) is 23.8 Å². The fourth-order valence-electron chi connectivity index (χ4n) is 2.16. The van der Waals surface area contributed by atoms with Crippen LogP contribution in [-0.2, 0) is 0 Å². The van der Waals surface area contributed by atoms with Crippen molar-refractivity contribution in [3.8, 4) is 11.5 Å². The van der Waals surface area contributed by atoms with Gasteiger partial charge in [0.2, 0.25) is 0 Å². The number of nitrogens with two attached hydrogens (primary N) is 1. The van der Waals surface area contributed by atoms with E-state index >= 15 is 0 Å². The molecule has 3 N–H and O–H groups in total. The number of Topliss-reactive ketones (excluding diaryl/α,β-unsaturated/α-hetero) is 1. The SMILES string of the molecule is COc1ccc(C(=O)CN)cc1OC1CCCNC1. The molecule has 0 spiro atoms. The van der Waals surface area contributed by atoms with E-state index in [1.165, 1.54) is 0 Å². The lowest BCUT2D eigenvalue weighted by Gasteiger charge is -2.25. The summed E-state index contributed by atoms with van der Waals surface area (Å²) in [4.78, 5) is 11.6. The number of ether oxygens (including phenoxy) is 2. The first-order chi connectivity index (χ1) is 9.24. The van der Waals surface area contributed by atoms with Crippen LogP contribution in [0, 0.1) is 0 Å². The summed E-state index contributed by atoms with van der Waals surface area (Å²) < 4.78 is 11.2. The van der Waals surface area contributed by atoms with E-state index < -0.39 is 0 Å². The molecule has 0 bridgehead atoms. The lowest BCUT2D eigenvalue weighted by molar-refractivity contribution is 0.1000. The highest BCUT2D eigenvalue weighted by molar-refractivity contribution is 5.98. The van der Waals surface area contributed by atoms with Crippen molar-refractivity contribution >= 4 is 5.78 Å². The Morgan fingerprint density at radius 1 is 1.47 bits per heavy atom. The second-order valence-corrected chi connectivity index (χ2v) is 4.58. The van der Waals surface area contributed by atoms with E-state index in [1.807, 2.05) is 0 Å². The minimum atomic E-state index is -0.103. The highest BCUT2D eigenvalue weighted by Gasteiger charge is 2.17.